The summed E-state index contributed by atoms with van der Waals surface area (Å²) in [4.78, 5) is 15.1. The number of pyridine rings is 1. The Kier molecular flexibility index (Phi) is 7.24. The SMILES string of the molecule is CC(Oc1ccc(Oc2ccc3cc(Cl)ccc3n2)cc1)C(=O)[O-].[K+]. The number of carbonyl (C=O) groups excluding carboxylic acids is 1. The molecule has 1 aromatic heterocycles. The molecule has 0 fully saturated rings. The Labute approximate surface area is 192 Å². The zero-order chi connectivity index (χ0) is 17.1. The van der Waals surface area contributed by atoms with Gasteiger partial charge in [-0.15, -0.1) is 0 Å². The molecule has 0 aliphatic rings. The number of fused-ring (bicyclic) bond motifs is 1. The summed E-state index contributed by atoms with van der Waals surface area (Å²) >= 11 is 5.95. The molecule has 7 heteroatoms. The van der Waals surface area contributed by atoms with Crippen molar-refractivity contribution < 1.29 is 70.8 Å². The van der Waals surface area contributed by atoms with E-state index in [0.717, 1.165) is 10.9 Å². The molecule has 3 rings (SSSR count). The predicted octanol–water partition coefficient (Wildman–Crippen LogP) is 0.202. The molecule has 0 saturated heterocycles. The maximum atomic E-state index is 10.7. The van der Waals surface area contributed by atoms with Gasteiger partial charge < -0.3 is 19.4 Å². The summed E-state index contributed by atoms with van der Waals surface area (Å²) in [5.41, 5.74) is 0.777. The van der Waals surface area contributed by atoms with E-state index in [9.17, 15) is 9.90 Å². The normalized spacial score (nSPS) is 11.4. The summed E-state index contributed by atoms with van der Waals surface area (Å²) < 4.78 is 10.9. The number of benzene rings is 2. The van der Waals surface area contributed by atoms with Crippen molar-refractivity contribution in [3.8, 4) is 17.4 Å². The monoisotopic (exact) mass is 381 g/mol. The number of aromatic nitrogens is 1. The van der Waals surface area contributed by atoms with Gasteiger partial charge in [0, 0.05) is 16.5 Å². The molecule has 122 valence electrons. The van der Waals surface area contributed by atoms with Crippen LogP contribution in [0.1, 0.15) is 6.92 Å². The molecule has 2 aromatic carbocycles. The fourth-order valence-electron chi connectivity index (χ4n) is 2.09. The molecular formula is C18H13ClKNO4. The fraction of sp³-hybridized carbons (Fsp3) is 0.111. The van der Waals surface area contributed by atoms with Gasteiger partial charge in [0.15, 0.2) is 0 Å². The first kappa shape index (κ1) is 20.2. The Morgan fingerprint density at radius 3 is 2.44 bits per heavy atom. The minimum atomic E-state index is -1.27. The van der Waals surface area contributed by atoms with Crippen molar-refractivity contribution in [2.24, 2.45) is 0 Å². The number of carboxylic acid groups (broad SMARTS) is 1. The Balaban J connectivity index is 0.00000225. The first-order chi connectivity index (χ1) is 11.5. The molecular weight excluding hydrogens is 369 g/mol. The van der Waals surface area contributed by atoms with Gasteiger partial charge in [0.2, 0.25) is 5.88 Å². The molecule has 0 spiro atoms. The molecule has 0 N–H and O–H groups in total. The third-order valence-corrected chi connectivity index (χ3v) is 3.55. The van der Waals surface area contributed by atoms with Gasteiger partial charge in [-0.1, -0.05) is 11.6 Å². The summed E-state index contributed by atoms with van der Waals surface area (Å²) in [7, 11) is 0. The third kappa shape index (κ3) is 5.41. The number of hydrogen-bond donors (Lipinski definition) is 0. The topological polar surface area (TPSA) is 71.5 Å². The Hall–Kier alpha value is -1.15. The largest absolute Gasteiger partial charge is 1.00 e. The second kappa shape index (κ2) is 8.98. The van der Waals surface area contributed by atoms with Crippen LogP contribution < -0.4 is 66.0 Å². The number of halogens is 1. The zero-order valence-electron chi connectivity index (χ0n) is 13.7. The molecule has 1 unspecified atom stereocenters. The van der Waals surface area contributed by atoms with E-state index in [-0.39, 0.29) is 51.4 Å². The van der Waals surface area contributed by atoms with Crippen molar-refractivity contribution in [3.05, 3.63) is 59.6 Å². The van der Waals surface area contributed by atoms with Crippen LogP contribution in [0.3, 0.4) is 0 Å². The molecule has 25 heavy (non-hydrogen) atoms. The average molecular weight is 382 g/mol. The van der Waals surface area contributed by atoms with E-state index in [1.54, 1.807) is 36.4 Å². The molecule has 0 bridgehead atoms. The van der Waals surface area contributed by atoms with Crippen LogP contribution in [-0.4, -0.2) is 17.1 Å². The second-order valence-corrected chi connectivity index (χ2v) is 5.58. The smallest absolute Gasteiger partial charge is 0.546 e. The van der Waals surface area contributed by atoms with E-state index in [1.165, 1.54) is 6.92 Å². The molecule has 0 amide bonds. The van der Waals surface area contributed by atoms with Gasteiger partial charge in [-0.3, -0.25) is 0 Å². The molecule has 0 aliphatic heterocycles. The van der Waals surface area contributed by atoms with Crippen molar-refractivity contribution >= 4 is 28.5 Å². The predicted molar refractivity (Wildman–Crippen MR) is 88.4 cm³/mol. The first-order valence-electron chi connectivity index (χ1n) is 7.23. The summed E-state index contributed by atoms with van der Waals surface area (Å²) in [6.07, 6.45) is -1.02. The Morgan fingerprint density at radius 2 is 1.76 bits per heavy atom. The maximum Gasteiger partial charge on any atom is 1.00 e. The van der Waals surface area contributed by atoms with Gasteiger partial charge in [-0.25, -0.2) is 4.98 Å². The third-order valence-electron chi connectivity index (χ3n) is 3.32. The molecule has 0 saturated carbocycles. The summed E-state index contributed by atoms with van der Waals surface area (Å²) in [5.74, 6) is 0.154. The van der Waals surface area contributed by atoms with Gasteiger partial charge in [0.1, 0.15) is 17.6 Å². The van der Waals surface area contributed by atoms with Gasteiger partial charge in [0.25, 0.3) is 0 Å². The van der Waals surface area contributed by atoms with Crippen LogP contribution in [0.25, 0.3) is 10.9 Å². The molecule has 0 radical (unpaired) electrons. The molecule has 0 aliphatic carbocycles. The van der Waals surface area contributed by atoms with Crippen molar-refractivity contribution in [1.82, 2.24) is 4.98 Å². The number of ether oxygens (including phenoxy) is 2. The number of aliphatic carboxylic acids is 1. The molecule has 3 aromatic rings. The van der Waals surface area contributed by atoms with Crippen LogP contribution in [0.5, 0.6) is 17.4 Å². The van der Waals surface area contributed by atoms with E-state index < -0.39 is 12.1 Å². The van der Waals surface area contributed by atoms with E-state index in [1.807, 2.05) is 18.2 Å². The van der Waals surface area contributed by atoms with Crippen LogP contribution in [0.15, 0.2) is 54.6 Å². The standard InChI is InChI=1S/C18H14ClNO4.K/c1-11(18(21)22)23-14-4-6-15(7-5-14)24-17-9-2-12-10-13(19)3-8-16(12)20-17;/h2-11H,1H3,(H,21,22);/q;+1/p-1. The van der Waals surface area contributed by atoms with Gasteiger partial charge in [-0.05, 0) is 55.5 Å². The minimum Gasteiger partial charge on any atom is -0.546 e. The van der Waals surface area contributed by atoms with Gasteiger partial charge in [0.05, 0.1) is 11.5 Å². The number of rotatable bonds is 5. The quantitative estimate of drug-likeness (QED) is 0.590. The van der Waals surface area contributed by atoms with Gasteiger partial charge in [-0.2, -0.15) is 0 Å². The second-order valence-electron chi connectivity index (χ2n) is 5.14. The van der Waals surface area contributed by atoms with Crippen molar-refractivity contribution in [3.63, 3.8) is 0 Å². The Bertz CT molecular complexity index is 886. The van der Waals surface area contributed by atoms with Crippen LogP contribution >= 0.6 is 11.6 Å². The maximum absolute atomic E-state index is 10.7. The van der Waals surface area contributed by atoms with E-state index in [2.05, 4.69) is 4.98 Å². The molecule has 1 atom stereocenters. The molecule has 1 heterocycles. The van der Waals surface area contributed by atoms with Crippen LogP contribution in [0.4, 0.5) is 0 Å². The van der Waals surface area contributed by atoms with Crippen LogP contribution in [-0.2, 0) is 4.79 Å². The molecule has 5 nitrogen and oxygen atoms in total. The average Bonchev–Trinajstić information content (AvgIpc) is 2.56. The number of carboxylic acids is 1. The summed E-state index contributed by atoms with van der Waals surface area (Å²) in [5, 5.41) is 12.2. The summed E-state index contributed by atoms with van der Waals surface area (Å²) in [6.45, 7) is 1.41. The minimum absolute atomic E-state index is 0. The Morgan fingerprint density at radius 1 is 1.08 bits per heavy atom. The number of hydrogen-bond acceptors (Lipinski definition) is 5. The van der Waals surface area contributed by atoms with E-state index in [4.69, 9.17) is 21.1 Å². The van der Waals surface area contributed by atoms with Crippen molar-refractivity contribution in [1.29, 1.82) is 0 Å². The fourth-order valence-corrected chi connectivity index (χ4v) is 2.27. The van der Waals surface area contributed by atoms with Crippen molar-refractivity contribution in [2.45, 2.75) is 13.0 Å². The van der Waals surface area contributed by atoms with E-state index >= 15 is 0 Å². The first-order valence-corrected chi connectivity index (χ1v) is 7.61. The summed E-state index contributed by atoms with van der Waals surface area (Å²) in [6, 6.07) is 15.6. The van der Waals surface area contributed by atoms with Crippen LogP contribution in [0, 0.1) is 0 Å². The zero-order valence-corrected chi connectivity index (χ0v) is 17.6. The number of nitrogens with zero attached hydrogens (tertiary/aromatic N) is 1. The van der Waals surface area contributed by atoms with Crippen LogP contribution in [0.2, 0.25) is 5.02 Å². The van der Waals surface area contributed by atoms with Gasteiger partial charge >= 0.3 is 51.4 Å². The van der Waals surface area contributed by atoms with Crippen molar-refractivity contribution in [2.75, 3.05) is 0 Å². The number of carbonyl (C=O) groups is 1. The van der Waals surface area contributed by atoms with E-state index in [0.29, 0.717) is 22.4 Å².